The number of hydrogen-bond acceptors (Lipinski definition) is 1. The lowest BCUT2D eigenvalue weighted by molar-refractivity contribution is 0.482. The van der Waals surface area contributed by atoms with Gasteiger partial charge in [-0.05, 0) is 24.2 Å². The number of rotatable bonds is 2. The third-order valence-electron chi connectivity index (χ3n) is 1.16. The highest BCUT2D eigenvalue weighted by Crippen LogP contribution is 2.19. The van der Waals surface area contributed by atoms with Crippen molar-refractivity contribution in [3.8, 4) is 11.5 Å². The van der Waals surface area contributed by atoms with E-state index in [4.69, 9.17) is 18.4 Å². The van der Waals surface area contributed by atoms with Crippen LogP contribution in [0.4, 0.5) is 0 Å². The molecule has 0 saturated heterocycles. The first kappa shape index (κ1) is 2.38. The van der Waals surface area contributed by atoms with Crippen molar-refractivity contribution in [2.75, 3.05) is 0 Å². The second kappa shape index (κ2) is 3.76. The zero-order valence-corrected chi connectivity index (χ0v) is 6.41. The highest BCUT2D eigenvalue weighted by molar-refractivity contribution is 5.30. The van der Waals surface area contributed by atoms with Crippen LogP contribution in [0.15, 0.2) is 60.4 Å². The van der Waals surface area contributed by atoms with E-state index in [0.29, 0.717) is 0 Å². The predicted octanol–water partition coefficient (Wildman–Crippen LogP) is 3.48. The number of benzene rings is 2. The molecule has 0 fully saturated rings. The molecule has 13 heavy (non-hydrogen) atoms. The quantitative estimate of drug-likeness (QED) is 0.687. The fourth-order valence-electron chi connectivity index (χ4n) is 0.681. The van der Waals surface area contributed by atoms with Crippen LogP contribution < -0.4 is 4.74 Å². The average Bonchev–Trinajstić information content (AvgIpc) is 2.54. The maximum absolute atomic E-state index is 7.72. The molecule has 0 atom stereocenters. The first-order chi connectivity index (χ1) is 10.6. The highest BCUT2D eigenvalue weighted by atomic mass is 16.5. The Morgan fingerprint density at radius 3 is 1.46 bits per heavy atom. The van der Waals surface area contributed by atoms with Crippen LogP contribution in [0.25, 0.3) is 0 Å². The molecule has 0 aromatic heterocycles. The molecule has 2 rings (SSSR count). The lowest BCUT2D eigenvalue weighted by atomic mass is 10.3. The molecule has 2 aromatic carbocycles. The van der Waals surface area contributed by atoms with Gasteiger partial charge in [0.05, 0.1) is 13.7 Å². The van der Waals surface area contributed by atoms with E-state index < -0.39 is 71.9 Å². The van der Waals surface area contributed by atoms with Crippen LogP contribution in [0.5, 0.6) is 11.5 Å². The first-order valence-electron chi connectivity index (χ1n) is 8.41. The van der Waals surface area contributed by atoms with Crippen LogP contribution >= 0.6 is 0 Å². The summed E-state index contributed by atoms with van der Waals surface area (Å²) >= 11 is 0. The van der Waals surface area contributed by atoms with Gasteiger partial charge in [0.25, 0.3) is 0 Å². The minimum absolute atomic E-state index is 0.602. The summed E-state index contributed by atoms with van der Waals surface area (Å²) in [5, 5.41) is 0. The molecule has 0 N–H and O–H groups in total. The topological polar surface area (TPSA) is 9.23 Å². The van der Waals surface area contributed by atoms with Crippen molar-refractivity contribution in [2.45, 2.75) is 0 Å². The molecule has 2 aromatic rings. The molecule has 0 heterocycles. The number of para-hydroxylation sites is 2. The zero-order chi connectivity index (χ0) is 17.6. The molecule has 1 heteroatoms. The van der Waals surface area contributed by atoms with Gasteiger partial charge in [-0.25, -0.2) is 0 Å². The van der Waals surface area contributed by atoms with E-state index in [1.54, 1.807) is 0 Å². The zero-order valence-electron chi connectivity index (χ0n) is 16.4. The SMILES string of the molecule is [2H]c1c([2H])c([2H])c(Oc2c([2H])c([2H])c([2H])c([2H])c2[2H])c([2H])c1[2H]. The van der Waals surface area contributed by atoms with Crippen molar-refractivity contribution in [1.82, 2.24) is 0 Å². The van der Waals surface area contributed by atoms with Crippen LogP contribution in [-0.4, -0.2) is 0 Å². The van der Waals surface area contributed by atoms with Crippen LogP contribution in [0.2, 0.25) is 0 Å². The van der Waals surface area contributed by atoms with E-state index in [1.807, 2.05) is 0 Å². The molecule has 0 aliphatic rings. The average molecular weight is 180 g/mol. The van der Waals surface area contributed by atoms with E-state index in [0.717, 1.165) is 0 Å². The highest BCUT2D eigenvalue weighted by Gasteiger charge is 1.92. The van der Waals surface area contributed by atoms with Gasteiger partial charge in [-0.3, -0.25) is 0 Å². The fourth-order valence-corrected chi connectivity index (χ4v) is 0.681. The Bertz CT molecular complexity index is 691. The Kier molecular flexibility index (Phi) is 0.690. The van der Waals surface area contributed by atoms with Crippen molar-refractivity contribution >= 4 is 0 Å². The molecule has 0 unspecified atom stereocenters. The minimum atomic E-state index is -0.664. The van der Waals surface area contributed by atoms with Crippen LogP contribution in [0.1, 0.15) is 13.7 Å². The van der Waals surface area contributed by atoms with Crippen LogP contribution in [-0.2, 0) is 0 Å². The van der Waals surface area contributed by atoms with Crippen molar-refractivity contribution in [1.29, 1.82) is 0 Å². The summed E-state index contributed by atoms with van der Waals surface area (Å²) in [6, 6.07) is -6.47. The third kappa shape index (κ3) is 2.09. The molecule has 64 valence electrons. The van der Waals surface area contributed by atoms with E-state index in [1.165, 1.54) is 0 Å². The van der Waals surface area contributed by atoms with Gasteiger partial charge in [0, 0.05) is 0 Å². The standard InChI is InChI=1S/C12H10O/c1-3-7-11(8-4-1)13-12-9-5-2-6-10-12/h1-10H/i1D,2D,3D,4D,5D,6D,7D,8D,9D,10D. The maximum atomic E-state index is 7.72. The van der Waals surface area contributed by atoms with Crippen LogP contribution in [0, 0.1) is 0 Å². The summed E-state index contributed by atoms with van der Waals surface area (Å²) in [5.41, 5.74) is 0. The Hall–Kier alpha value is -1.76. The summed E-state index contributed by atoms with van der Waals surface area (Å²) in [6.45, 7) is 0. The van der Waals surface area contributed by atoms with E-state index >= 15 is 0 Å². The summed E-state index contributed by atoms with van der Waals surface area (Å²) in [7, 11) is 0. The summed E-state index contributed by atoms with van der Waals surface area (Å²) in [4.78, 5) is 0. The molecule has 0 radical (unpaired) electrons. The number of hydrogen-bond donors (Lipinski definition) is 0. The van der Waals surface area contributed by atoms with Gasteiger partial charge in [0.2, 0.25) is 0 Å². The monoisotopic (exact) mass is 180 g/mol. The van der Waals surface area contributed by atoms with Crippen molar-refractivity contribution in [2.24, 2.45) is 0 Å². The predicted molar refractivity (Wildman–Crippen MR) is 53.0 cm³/mol. The van der Waals surface area contributed by atoms with Gasteiger partial charge >= 0.3 is 0 Å². The van der Waals surface area contributed by atoms with E-state index in [2.05, 4.69) is 0 Å². The summed E-state index contributed by atoms with van der Waals surface area (Å²) < 4.78 is 81.2. The van der Waals surface area contributed by atoms with E-state index in [9.17, 15) is 0 Å². The van der Waals surface area contributed by atoms with Gasteiger partial charge in [0.15, 0.2) is 0 Å². The van der Waals surface area contributed by atoms with Gasteiger partial charge in [-0.1, -0.05) is 36.3 Å². The molecule has 0 amide bonds. The van der Waals surface area contributed by atoms with Crippen molar-refractivity contribution < 1.29 is 18.4 Å². The Balaban J connectivity index is 2.71. The normalized spacial score (nSPS) is 20.3. The molecular formula is C12H10O. The molecule has 0 aliphatic heterocycles. The lowest BCUT2D eigenvalue weighted by Crippen LogP contribution is -1.81. The summed E-state index contributed by atoms with van der Waals surface area (Å²) in [6.07, 6.45) is 0. The Morgan fingerprint density at radius 1 is 0.692 bits per heavy atom. The van der Waals surface area contributed by atoms with Gasteiger partial charge in [-0.15, -0.1) is 0 Å². The molecular weight excluding hydrogens is 160 g/mol. The molecule has 0 spiro atoms. The Labute approximate surface area is 91.7 Å². The van der Waals surface area contributed by atoms with Gasteiger partial charge < -0.3 is 4.74 Å². The lowest BCUT2D eigenvalue weighted by Gasteiger charge is -2.03. The van der Waals surface area contributed by atoms with Gasteiger partial charge in [-0.2, -0.15) is 0 Å². The molecule has 1 nitrogen and oxygen atoms in total. The largest absolute Gasteiger partial charge is 0.457 e. The van der Waals surface area contributed by atoms with Crippen molar-refractivity contribution in [3.63, 3.8) is 0 Å². The minimum Gasteiger partial charge on any atom is -0.457 e. The second-order valence-corrected chi connectivity index (χ2v) is 2.01. The first-order valence-corrected chi connectivity index (χ1v) is 3.41. The van der Waals surface area contributed by atoms with E-state index in [-0.39, 0.29) is 0 Å². The molecule has 0 saturated carbocycles. The number of ether oxygens (including phenoxy) is 1. The third-order valence-corrected chi connectivity index (χ3v) is 1.16. The molecule has 0 aliphatic carbocycles. The van der Waals surface area contributed by atoms with Crippen molar-refractivity contribution in [3.05, 3.63) is 60.4 Å². The Morgan fingerprint density at radius 2 is 1.08 bits per heavy atom. The maximum Gasteiger partial charge on any atom is 0.127 e. The summed E-state index contributed by atoms with van der Waals surface area (Å²) in [5.74, 6) is -1.20. The fraction of sp³-hybridized carbons (Fsp3) is 0. The van der Waals surface area contributed by atoms with Gasteiger partial charge in [0.1, 0.15) is 11.5 Å². The molecule has 0 bridgehead atoms. The second-order valence-electron chi connectivity index (χ2n) is 2.01. The van der Waals surface area contributed by atoms with Crippen LogP contribution in [0.3, 0.4) is 0 Å². The smallest absolute Gasteiger partial charge is 0.127 e.